The highest BCUT2D eigenvalue weighted by molar-refractivity contribution is 9.10. The van der Waals surface area contributed by atoms with Crippen LogP contribution < -0.4 is 10.6 Å². The molecule has 0 spiro atoms. The Morgan fingerprint density at radius 1 is 1.56 bits per heavy atom. The Hall–Kier alpha value is -1.38. The first-order valence-electron chi connectivity index (χ1n) is 4.76. The molecule has 0 bridgehead atoms. The number of benzene rings is 1. The number of hydrogen-bond donors (Lipinski definition) is 2. The number of anilines is 1. The van der Waals surface area contributed by atoms with Gasteiger partial charge in [0.25, 0.3) is 0 Å². The van der Waals surface area contributed by atoms with Crippen molar-refractivity contribution in [1.82, 2.24) is 5.32 Å². The third-order valence-corrected chi connectivity index (χ3v) is 2.68. The lowest BCUT2D eigenvalue weighted by atomic mass is 10.2. The monoisotopic (exact) mass is 281 g/mol. The fraction of sp³-hybridized carbons (Fsp3) is 0.273. The number of likely N-dealkylation sites (N-methyl/N-ethyl adjacent to an activating group) is 1. The first-order valence-corrected chi connectivity index (χ1v) is 5.55. The van der Waals surface area contributed by atoms with Gasteiger partial charge in [0.05, 0.1) is 17.3 Å². The molecule has 0 radical (unpaired) electrons. The SMILES string of the molecule is CNC(C)C(=O)Nc1ccc(Br)cc1C#N. The van der Waals surface area contributed by atoms with Crippen LogP contribution >= 0.6 is 15.9 Å². The van der Waals surface area contributed by atoms with Crippen LogP contribution in [0.15, 0.2) is 22.7 Å². The summed E-state index contributed by atoms with van der Waals surface area (Å²) < 4.78 is 0.809. The second-order valence-corrected chi connectivity index (χ2v) is 4.22. The van der Waals surface area contributed by atoms with E-state index in [1.165, 1.54) is 0 Å². The van der Waals surface area contributed by atoms with Gasteiger partial charge in [0.15, 0.2) is 0 Å². The highest BCUT2D eigenvalue weighted by Crippen LogP contribution is 2.20. The predicted octanol–water partition coefficient (Wildman–Crippen LogP) is 1.87. The van der Waals surface area contributed by atoms with Crippen LogP contribution in [0, 0.1) is 11.3 Å². The molecule has 0 aliphatic heterocycles. The average molecular weight is 282 g/mol. The summed E-state index contributed by atoms with van der Waals surface area (Å²) in [6.45, 7) is 1.75. The molecule has 1 amide bonds. The molecule has 5 heteroatoms. The molecule has 0 aliphatic rings. The lowest BCUT2D eigenvalue weighted by molar-refractivity contribution is -0.117. The number of carbonyl (C=O) groups is 1. The van der Waals surface area contributed by atoms with Gasteiger partial charge in [0.1, 0.15) is 6.07 Å². The van der Waals surface area contributed by atoms with Crippen molar-refractivity contribution in [3.05, 3.63) is 28.2 Å². The van der Waals surface area contributed by atoms with Crippen LogP contribution in [-0.2, 0) is 4.79 Å². The Balaban J connectivity index is 2.90. The summed E-state index contributed by atoms with van der Waals surface area (Å²) in [5.74, 6) is -0.165. The van der Waals surface area contributed by atoms with Gasteiger partial charge in [-0.25, -0.2) is 0 Å². The number of hydrogen-bond acceptors (Lipinski definition) is 3. The number of amides is 1. The zero-order valence-electron chi connectivity index (χ0n) is 9.04. The molecule has 1 rings (SSSR count). The Morgan fingerprint density at radius 3 is 2.81 bits per heavy atom. The van der Waals surface area contributed by atoms with E-state index in [4.69, 9.17) is 5.26 Å². The van der Waals surface area contributed by atoms with Crippen LogP contribution in [0.1, 0.15) is 12.5 Å². The van der Waals surface area contributed by atoms with E-state index in [1.807, 2.05) is 6.07 Å². The van der Waals surface area contributed by atoms with E-state index < -0.39 is 0 Å². The fourth-order valence-corrected chi connectivity index (χ4v) is 1.45. The topological polar surface area (TPSA) is 64.9 Å². The largest absolute Gasteiger partial charge is 0.324 e. The summed E-state index contributed by atoms with van der Waals surface area (Å²) in [7, 11) is 1.71. The van der Waals surface area contributed by atoms with E-state index in [0.717, 1.165) is 4.47 Å². The third-order valence-electron chi connectivity index (χ3n) is 2.19. The van der Waals surface area contributed by atoms with Gasteiger partial charge in [-0.1, -0.05) is 15.9 Å². The van der Waals surface area contributed by atoms with Gasteiger partial charge in [-0.3, -0.25) is 4.79 Å². The average Bonchev–Trinajstić information content (AvgIpc) is 2.30. The molecule has 0 aliphatic carbocycles. The Morgan fingerprint density at radius 2 is 2.25 bits per heavy atom. The summed E-state index contributed by atoms with van der Waals surface area (Å²) >= 11 is 3.27. The summed E-state index contributed by atoms with van der Waals surface area (Å²) in [5, 5.41) is 14.4. The van der Waals surface area contributed by atoms with Crippen molar-refractivity contribution < 1.29 is 4.79 Å². The molecule has 0 aromatic heterocycles. The van der Waals surface area contributed by atoms with Crippen LogP contribution in [0.25, 0.3) is 0 Å². The zero-order chi connectivity index (χ0) is 12.1. The molecule has 1 aromatic carbocycles. The summed E-state index contributed by atoms with van der Waals surface area (Å²) in [5.41, 5.74) is 0.962. The number of nitrogens with zero attached hydrogens (tertiary/aromatic N) is 1. The van der Waals surface area contributed by atoms with E-state index in [0.29, 0.717) is 11.3 Å². The zero-order valence-corrected chi connectivity index (χ0v) is 10.6. The molecule has 0 fully saturated rings. The minimum atomic E-state index is -0.296. The number of carbonyl (C=O) groups excluding carboxylic acids is 1. The molecular weight excluding hydrogens is 270 g/mol. The molecular formula is C11H12BrN3O. The quantitative estimate of drug-likeness (QED) is 0.889. The highest BCUT2D eigenvalue weighted by Gasteiger charge is 2.12. The smallest absolute Gasteiger partial charge is 0.241 e. The van der Waals surface area contributed by atoms with Crippen molar-refractivity contribution in [1.29, 1.82) is 5.26 Å². The van der Waals surface area contributed by atoms with Crippen molar-refractivity contribution in [3.63, 3.8) is 0 Å². The molecule has 0 heterocycles. The second kappa shape index (κ2) is 5.64. The minimum Gasteiger partial charge on any atom is -0.324 e. The van der Waals surface area contributed by atoms with E-state index in [-0.39, 0.29) is 11.9 Å². The first-order chi connectivity index (χ1) is 7.58. The predicted molar refractivity (Wildman–Crippen MR) is 66.0 cm³/mol. The lowest BCUT2D eigenvalue weighted by Crippen LogP contribution is -2.35. The van der Waals surface area contributed by atoms with Crippen molar-refractivity contribution in [2.45, 2.75) is 13.0 Å². The molecule has 1 aromatic rings. The first kappa shape index (κ1) is 12.7. The summed E-state index contributed by atoms with van der Waals surface area (Å²) in [6, 6.07) is 6.88. The van der Waals surface area contributed by atoms with Crippen molar-refractivity contribution in [2.24, 2.45) is 0 Å². The molecule has 0 saturated carbocycles. The molecule has 4 nitrogen and oxygen atoms in total. The third kappa shape index (κ3) is 3.05. The summed E-state index contributed by atoms with van der Waals surface area (Å²) in [6.07, 6.45) is 0. The van der Waals surface area contributed by atoms with E-state index in [1.54, 1.807) is 32.2 Å². The number of rotatable bonds is 3. The van der Waals surface area contributed by atoms with Gasteiger partial charge in [0.2, 0.25) is 5.91 Å². The molecule has 2 N–H and O–H groups in total. The molecule has 0 saturated heterocycles. The second-order valence-electron chi connectivity index (χ2n) is 3.30. The number of nitrogens with one attached hydrogen (secondary N) is 2. The van der Waals surface area contributed by atoms with Crippen LogP contribution in [0.2, 0.25) is 0 Å². The number of nitriles is 1. The maximum atomic E-state index is 11.6. The van der Waals surface area contributed by atoms with Gasteiger partial charge in [-0.05, 0) is 32.2 Å². The van der Waals surface area contributed by atoms with Gasteiger partial charge in [0, 0.05) is 4.47 Å². The van der Waals surface area contributed by atoms with Crippen molar-refractivity contribution >= 4 is 27.5 Å². The lowest BCUT2D eigenvalue weighted by Gasteiger charge is -2.12. The maximum Gasteiger partial charge on any atom is 0.241 e. The molecule has 1 unspecified atom stereocenters. The van der Waals surface area contributed by atoms with E-state index in [9.17, 15) is 4.79 Å². The summed E-state index contributed by atoms with van der Waals surface area (Å²) in [4.78, 5) is 11.6. The van der Waals surface area contributed by atoms with Crippen molar-refractivity contribution in [2.75, 3.05) is 12.4 Å². The van der Waals surface area contributed by atoms with Gasteiger partial charge < -0.3 is 10.6 Å². The van der Waals surface area contributed by atoms with Gasteiger partial charge in [-0.2, -0.15) is 5.26 Å². The van der Waals surface area contributed by atoms with Gasteiger partial charge >= 0.3 is 0 Å². The van der Waals surface area contributed by atoms with E-state index >= 15 is 0 Å². The molecule has 84 valence electrons. The maximum absolute atomic E-state index is 11.6. The number of halogens is 1. The van der Waals surface area contributed by atoms with E-state index in [2.05, 4.69) is 26.6 Å². The van der Waals surface area contributed by atoms with Crippen LogP contribution in [0.5, 0.6) is 0 Å². The molecule has 1 atom stereocenters. The van der Waals surface area contributed by atoms with Crippen LogP contribution in [0.3, 0.4) is 0 Å². The molecule has 16 heavy (non-hydrogen) atoms. The van der Waals surface area contributed by atoms with Crippen molar-refractivity contribution in [3.8, 4) is 6.07 Å². The van der Waals surface area contributed by atoms with Crippen LogP contribution in [-0.4, -0.2) is 19.0 Å². The Labute approximate surface area is 103 Å². The Bertz CT molecular complexity index is 439. The standard InChI is InChI=1S/C11H12BrN3O/c1-7(14-2)11(16)15-10-4-3-9(12)5-8(10)6-13/h3-5,7,14H,1-2H3,(H,15,16). The highest BCUT2D eigenvalue weighted by atomic mass is 79.9. The Kier molecular flexibility index (Phi) is 4.47. The fourth-order valence-electron chi connectivity index (χ4n) is 1.09. The normalized spacial score (nSPS) is 11.6. The van der Waals surface area contributed by atoms with Crippen LogP contribution in [0.4, 0.5) is 5.69 Å². The minimum absolute atomic E-state index is 0.165. The van der Waals surface area contributed by atoms with Gasteiger partial charge in [-0.15, -0.1) is 0 Å².